The lowest BCUT2D eigenvalue weighted by Gasteiger charge is -2.31. The molecule has 2 aliphatic heterocycles. The lowest BCUT2D eigenvalue weighted by Crippen LogP contribution is -2.44. The standard InChI is InChI=1S/C16H22N2O/c1-13-12-15(17-10-6-3-7-11-17)16(19)18(13)14-8-4-2-5-9-14/h2,4-5,8-9,13,15H,3,6-7,10-12H2,1H3. The van der Waals surface area contributed by atoms with Gasteiger partial charge < -0.3 is 4.90 Å². The smallest absolute Gasteiger partial charge is 0.244 e. The van der Waals surface area contributed by atoms with Crippen LogP contribution in [0.15, 0.2) is 30.3 Å². The molecule has 1 aromatic rings. The summed E-state index contributed by atoms with van der Waals surface area (Å²) in [4.78, 5) is 17.1. The van der Waals surface area contributed by atoms with Gasteiger partial charge in [0.15, 0.2) is 0 Å². The average molecular weight is 258 g/mol. The van der Waals surface area contributed by atoms with Crippen LogP contribution in [0.4, 0.5) is 5.69 Å². The molecule has 2 fully saturated rings. The lowest BCUT2D eigenvalue weighted by atomic mass is 10.1. The van der Waals surface area contributed by atoms with Crippen molar-refractivity contribution in [1.29, 1.82) is 0 Å². The van der Waals surface area contributed by atoms with Gasteiger partial charge in [-0.15, -0.1) is 0 Å². The number of hydrogen-bond acceptors (Lipinski definition) is 2. The molecule has 0 N–H and O–H groups in total. The van der Waals surface area contributed by atoms with Gasteiger partial charge in [-0.25, -0.2) is 0 Å². The van der Waals surface area contributed by atoms with E-state index in [1.54, 1.807) is 0 Å². The van der Waals surface area contributed by atoms with Gasteiger partial charge in [0, 0.05) is 11.7 Å². The van der Waals surface area contributed by atoms with E-state index in [1.807, 2.05) is 35.2 Å². The summed E-state index contributed by atoms with van der Waals surface area (Å²) in [5, 5.41) is 0. The maximum atomic E-state index is 12.7. The third-order valence-electron chi connectivity index (χ3n) is 4.39. The number of piperidine rings is 1. The van der Waals surface area contributed by atoms with E-state index in [4.69, 9.17) is 0 Å². The molecular formula is C16H22N2O. The SMILES string of the molecule is CC1CC(N2CCCCC2)C(=O)N1c1ccccc1. The molecule has 1 aromatic carbocycles. The molecule has 1 amide bonds. The summed E-state index contributed by atoms with van der Waals surface area (Å²) >= 11 is 0. The summed E-state index contributed by atoms with van der Waals surface area (Å²) in [7, 11) is 0. The molecular weight excluding hydrogens is 236 g/mol. The molecule has 2 unspecified atom stereocenters. The first-order chi connectivity index (χ1) is 9.27. The van der Waals surface area contributed by atoms with E-state index in [0.29, 0.717) is 11.9 Å². The highest BCUT2D eigenvalue weighted by molar-refractivity contribution is 6.00. The van der Waals surface area contributed by atoms with Crippen molar-refractivity contribution in [2.75, 3.05) is 18.0 Å². The molecule has 19 heavy (non-hydrogen) atoms. The molecule has 0 aliphatic carbocycles. The normalized spacial score (nSPS) is 28.9. The summed E-state index contributed by atoms with van der Waals surface area (Å²) in [6.45, 7) is 4.34. The van der Waals surface area contributed by atoms with Crippen molar-refractivity contribution in [1.82, 2.24) is 4.90 Å². The Kier molecular flexibility index (Phi) is 3.56. The van der Waals surface area contributed by atoms with Crippen LogP contribution in [0.2, 0.25) is 0 Å². The van der Waals surface area contributed by atoms with Crippen molar-refractivity contribution in [3.63, 3.8) is 0 Å². The molecule has 102 valence electrons. The fourth-order valence-electron chi connectivity index (χ4n) is 3.41. The van der Waals surface area contributed by atoms with Gasteiger partial charge in [0.25, 0.3) is 0 Å². The van der Waals surface area contributed by atoms with Crippen LogP contribution >= 0.6 is 0 Å². The van der Waals surface area contributed by atoms with E-state index in [-0.39, 0.29) is 6.04 Å². The lowest BCUT2D eigenvalue weighted by molar-refractivity contribution is -0.122. The van der Waals surface area contributed by atoms with Gasteiger partial charge in [0.05, 0.1) is 6.04 Å². The van der Waals surface area contributed by atoms with E-state index in [2.05, 4.69) is 11.8 Å². The van der Waals surface area contributed by atoms with Crippen molar-refractivity contribution < 1.29 is 4.79 Å². The van der Waals surface area contributed by atoms with Crippen LogP contribution in [0.5, 0.6) is 0 Å². The van der Waals surface area contributed by atoms with Crippen LogP contribution in [-0.4, -0.2) is 36.0 Å². The largest absolute Gasteiger partial charge is 0.308 e. The first-order valence-electron chi connectivity index (χ1n) is 7.39. The van der Waals surface area contributed by atoms with Crippen molar-refractivity contribution in [2.24, 2.45) is 0 Å². The molecule has 3 heteroatoms. The third kappa shape index (κ3) is 2.39. The summed E-state index contributed by atoms with van der Waals surface area (Å²) < 4.78 is 0. The van der Waals surface area contributed by atoms with Crippen LogP contribution < -0.4 is 4.90 Å². The zero-order chi connectivity index (χ0) is 13.2. The second-order valence-electron chi connectivity index (χ2n) is 5.74. The Balaban J connectivity index is 1.79. The van der Waals surface area contributed by atoms with Gasteiger partial charge in [0.1, 0.15) is 0 Å². The molecule has 2 saturated heterocycles. The minimum absolute atomic E-state index is 0.107. The van der Waals surface area contributed by atoms with Crippen LogP contribution in [-0.2, 0) is 4.79 Å². The highest BCUT2D eigenvalue weighted by Gasteiger charge is 2.41. The minimum atomic E-state index is 0.107. The Bertz CT molecular complexity index is 439. The van der Waals surface area contributed by atoms with Gasteiger partial charge in [-0.3, -0.25) is 9.69 Å². The topological polar surface area (TPSA) is 23.6 Å². The van der Waals surface area contributed by atoms with E-state index in [1.165, 1.54) is 19.3 Å². The zero-order valence-corrected chi connectivity index (χ0v) is 11.6. The van der Waals surface area contributed by atoms with Gasteiger partial charge in [-0.1, -0.05) is 24.6 Å². The van der Waals surface area contributed by atoms with Gasteiger partial charge in [-0.2, -0.15) is 0 Å². The van der Waals surface area contributed by atoms with Crippen molar-refractivity contribution in [2.45, 2.75) is 44.7 Å². The van der Waals surface area contributed by atoms with Crippen molar-refractivity contribution in [3.05, 3.63) is 30.3 Å². The minimum Gasteiger partial charge on any atom is -0.308 e. The zero-order valence-electron chi connectivity index (χ0n) is 11.6. The monoisotopic (exact) mass is 258 g/mol. The summed E-state index contributed by atoms with van der Waals surface area (Å²) in [6.07, 6.45) is 4.76. The highest BCUT2D eigenvalue weighted by atomic mass is 16.2. The molecule has 0 saturated carbocycles. The summed E-state index contributed by atoms with van der Waals surface area (Å²) in [6, 6.07) is 10.5. The average Bonchev–Trinajstić information content (AvgIpc) is 2.76. The Morgan fingerprint density at radius 1 is 1.05 bits per heavy atom. The summed E-state index contributed by atoms with van der Waals surface area (Å²) in [5.74, 6) is 0.292. The van der Waals surface area contributed by atoms with Gasteiger partial charge in [-0.05, 0) is 51.4 Å². The van der Waals surface area contributed by atoms with Gasteiger partial charge in [0.2, 0.25) is 5.91 Å². The maximum absolute atomic E-state index is 12.7. The second kappa shape index (κ2) is 5.33. The second-order valence-corrected chi connectivity index (χ2v) is 5.74. The number of carbonyl (C=O) groups excluding carboxylic acids is 1. The molecule has 3 rings (SSSR count). The van der Waals surface area contributed by atoms with E-state index in [0.717, 1.165) is 25.2 Å². The highest BCUT2D eigenvalue weighted by Crippen LogP contribution is 2.30. The number of nitrogens with zero attached hydrogens (tertiary/aromatic N) is 2. The molecule has 0 radical (unpaired) electrons. The predicted molar refractivity (Wildman–Crippen MR) is 77.2 cm³/mol. The Morgan fingerprint density at radius 3 is 2.42 bits per heavy atom. The first kappa shape index (κ1) is 12.7. The number of amides is 1. The molecule has 2 heterocycles. The number of likely N-dealkylation sites (tertiary alicyclic amines) is 1. The molecule has 0 bridgehead atoms. The predicted octanol–water partition coefficient (Wildman–Crippen LogP) is 2.67. The van der Waals surface area contributed by atoms with Crippen molar-refractivity contribution >= 4 is 11.6 Å². The number of anilines is 1. The molecule has 2 aliphatic rings. The van der Waals surface area contributed by atoms with E-state index in [9.17, 15) is 4.79 Å². The van der Waals surface area contributed by atoms with Gasteiger partial charge >= 0.3 is 0 Å². The Morgan fingerprint density at radius 2 is 1.74 bits per heavy atom. The summed E-state index contributed by atoms with van der Waals surface area (Å²) in [5.41, 5.74) is 1.04. The third-order valence-corrected chi connectivity index (χ3v) is 4.39. The number of hydrogen-bond donors (Lipinski definition) is 0. The Labute approximate surface area is 115 Å². The van der Waals surface area contributed by atoms with Crippen LogP contribution in [0.25, 0.3) is 0 Å². The molecule has 2 atom stereocenters. The van der Waals surface area contributed by atoms with Crippen molar-refractivity contribution in [3.8, 4) is 0 Å². The van der Waals surface area contributed by atoms with Crippen LogP contribution in [0.1, 0.15) is 32.6 Å². The number of benzene rings is 1. The van der Waals surface area contributed by atoms with Crippen LogP contribution in [0, 0.1) is 0 Å². The maximum Gasteiger partial charge on any atom is 0.244 e. The van der Waals surface area contributed by atoms with E-state index < -0.39 is 0 Å². The fourth-order valence-corrected chi connectivity index (χ4v) is 3.41. The quantitative estimate of drug-likeness (QED) is 0.814. The van der Waals surface area contributed by atoms with Crippen LogP contribution in [0.3, 0.4) is 0 Å². The molecule has 3 nitrogen and oxygen atoms in total. The van der Waals surface area contributed by atoms with E-state index >= 15 is 0 Å². The molecule has 0 spiro atoms. The number of carbonyl (C=O) groups is 1. The number of para-hydroxylation sites is 1. The fraction of sp³-hybridized carbons (Fsp3) is 0.562. The first-order valence-corrected chi connectivity index (χ1v) is 7.39. The number of rotatable bonds is 2. The molecule has 0 aromatic heterocycles. The Hall–Kier alpha value is -1.35.